The molecular weight excluding hydrogens is 274 g/mol. The third kappa shape index (κ3) is 3.17. The van der Waals surface area contributed by atoms with Crippen LogP contribution in [0.25, 0.3) is 10.9 Å². The number of hydrogen-bond acceptors (Lipinski definition) is 4. The Bertz CT molecular complexity index is 641. The highest BCUT2D eigenvalue weighted by molar-refractivity contribution is 5.91. The number of ether oxygens (including phenoxy) is 1. The Balaban J connectivity index is 1.81. The van der Waals surface area contributed by atoms with Crippen LogP contribution in [0.3, 0.4) is 0 Å². The largest absolute Gasteiger partial charge is 0.497 e. The molecule has 1 aromatic carbocycles. The van der Waals surface area contributed by atoms with Crippen molar-refractivity contribution in [3.05, 3.63) is 30.5 Å². The molecule has 3 rings (SSSR count). The molecule has 1 heterocycles. The number of fused-ring (bicyclic) bond motifs is 1. The fourth-order valence-electron chi connectivity index (χ4n) is 3.36. The van der Waals surface area contributed by atoms with Gasteiger partial charge >= 0.3 is 0 Å². The monoisotopic (exact) mass is 299 g/mol. The molecule has 0 spiro atoms. The lowest BCUT2D eigenvalue weighted by atomic mass is 9.90. The highest BCUT2D eigenvalue weighted by Crippen LogP contribution is 2.29. The maximum absolute atomic E-state index is 5.29. The smallest absolute Gasteiger partial charge is 0.121 e. The number of anilines is 1. The molecule has 1 aromatic heterocycles. The van der Waals surface area contributed by atoms with Crippen molar-refractivity contribution in [2.24, 2.45) is 0 Å². The predicted octanol–water partition coefficient (Wildman–Crippen LogP) is 3.53. The molecule has 2 atom stereocenters. The molecule has 2 unspecified atom stereocenters. The van der Waals surface area contributed by atoms with E-state index in [1.165, 1.54) is 31.4 Å². The van der Waals surface area contributed by atoms with Gasteiger partial charge in [0.25, 0.3) is 0 Å². The molecule has 4 heteroatoms. The zero-order chi connectivity index (χ0) is 15.5. The summed E-state index contributed by atoms with van der Waals surface area (Å²) in [7, 11) is 6.05. The molecule has 4 nitrogen and oxygen atoms in total. The number of aromatic nitrogens is 1. The number of pyridine rings is 1. The summed E-state index contributed by atoms with van der Waals surface area (Å²) in [5, 5.41) is 4.90. The van der Waals surface area contributed by atoms with Crippen LogP contribution in [0.2, 0.25) is 0 Å². The van der Waals surface area contributed by atoms with Gasteiger partial charge in [-0.3, -0.25) is 4.98 Å². The summed E-state index contributed by atoms with van der Waals surface area (Å²) in [5.41, 5.74) is 2.15. The molecule has 22 heavy (non-hydrogen) atoms. The third-order valence-corrected chi connectivity index (χ3v) is 4.69. The topological polar surface area (TPSA) is 37.4 Å². The second-order valence-corrected chi connectivity index (χ2v) is 6.37. The van der Waals surface area contributed by atoms with E-state index in [4.69, 9.17) is 4.74 Å². The second kappa shape index (κ2) is 6.53. The standard InChI is InChI=1S/C18H25N3O/c1-21(2)14-6-4-5-13(11-14)20-17-9-10-19-18-12-15(22-3)7-8-16(17)18/h7-10,12-14H,4-6,11H2,1-3H3,(H,19,20). The normalized spacial score (nSPS) is 22.0. The summed E-state index contributed by atoms with van der Waals surface area (Å²) < 4.78 is 5.29. The quantitative estimate of drug-likeness (QED) is 0.937. The summed E-state index contributed by atoms with van der Waals surface area (Å²) in [6.07, 6.45) is 6.91. The first-order valence-electron chi connectivity index (χ1n) is 8.03. The van der Waals surface area contributed by atoms with Crippen molar-refractivity contribution >= 4 is 16.6 Å². The van der Waals surface area contributed by atoms with Gasteiger partial charge in [-0.2, -0.15) is 0 Å². The van der Waals surface area contributed by atoms with Gasteiger partial charge in [-0.15, -0.1) is 0 Å². The minimum absolute atomic E-state index is 0.536. The van der Waals surface area contributed by atoms with Gasteiger partial charge in [-0.1, -0.05) is 0 Å². The van der Waals surface area contributed by atoms with Gasteiger partial charge in [-0.05, 0) is 58.0 Å². The van der Waals surface area contributed by atoms with E-state index in [9.17, 15) is 0 Å². The SMILES string of the molecule is COc1ccc2c(NC3CCCC(N(C)C)C3)ccnc2c1. The van der Waals surface area contributed by atoms with Crippen LogP contribution in [-0.2, 0) is 0 Å². The van der Waals surface area contributed by atoms with E-state index in [-0.39, 0.29) is 0 Å². The van der Waals surface area contributed by atoms with Gasteiger partial charge in [0.15, 0.2) is 0 Å². The van der Waals surface area contributed by atoms with E-state index in [1.807, 2.05) is 18.3 Å². The van der Waals surface area contributed by atoms with E-state index in [0.29, 0.717) is 12.1 Å². The van der Waals surface area contributed by atoms with Crippen LogP contribution in [0.4, 0.5) is 5.69 Å². The fraction of sp³-hybridized carbons (Fsp3) is 0.500. The van der Waals surface area contributed by atoms with E-state index in [1.54, 1.807) is 7.11 Å². The molecule has 0 amide bonds. The summed E-state index contributed by atoms with van der Waals surface area (Å²) in [6.45, 7) is 0. The Kier molecular flexibility index (Phi) is 4.48. The molecule has 1 saturated carbocycles. The Morgan fingerprint density at radius 1 is 1.23 bits per heavy atom. The van der Waals surface area contributed by atoms with Crippen molar-refractivity contribution < 1.29 is 4.74 Å². The van der Waals surface area contributed by atoms with E-state index < -0.39 is 0 Å². The molecule has 1 aliphatic carbocycles. The number of benzene rings is 1. The van der Waals surface area contributed by atoms with Crippen LogP contribution in [0.15, 0.2) is 30.5 Å². The second-order valence-electron chi connectivity index (χ2n) is 6.37. The summed E-state index contributed by atoms with van der Waals surface area (Å²) >= 11 is 0. The van der Waals surface area contributed by atoms with Gasteiger partial charge in [0.05, 0.1) is 12.6 Å². The number of hydrogen-bond donors (Lipinski definition) is 1. The van der Waals surface area contributed by atoms with Crippen LogP contribution >= 0.6 is 0 Å². The minimum atomic E-state index is 0.536. The lowest BCUT2D eigenvalue weighted by Crippen LogP contribution is -2.38. The highest BCUT2D eigenvalue weighted by Gasteiger charge is 2.23. The fourth-order valence-corrected chi connectivity index (χ4v) is 3.36. The number of nitrogens with zero attached hydrogens (tertiary/aromatic N) is 2. The van der Waals surface area contributed by atoms with E-state index >= 15 is 0 Å². The Morgan fingerprint density at radius 2 is 2.09 bits per heavy atom. The number of rotatable bonds is 4. The van der Waals surface area contributed by atoms with Gasteiger partial charge in [0.2, 0.25) is 0 Å². The van der Waals surface area contributed by atoms with Crippen molar-refractivity contribution in [2.75, 3.05) is 26.5 Å². The lowest BCUT2D eigenvalue weighted by molar-refractivity contribution is 0.219. The van der Waals surface area contributed by atoms with Gasteiger partial charge in [-0.25, -0.2) is 0 Å². The molecule has 1 fully saturated rings. The first-order valence-corrected chi connectivity index (χ1v) is 8.03. The molecule has 2 aromatic rings. The van der Waals surface area contributed by atoms with Crippen LogP contribution in [-0.4, -0.2) is 43.2 Å². The maximum atomic E-state index is 5.29. The molecule has 118 valence electrons. The van der Waals surface area contributed by atoms with Crippen molar-refractivity contribution in [2.45, 2.75) is 37.8 Å². The Labute approximate surface area is 132 Å². The Morgan fingerprint density at radius 3 is 2.86 bits per heavy atom. The number of methoxy groups -OCH3 is 1. The van der Waals surface area contributed by atoms with Crippen molar-refractivity contribution in [1.82, 2.24) is 9.88 Å². The molecule has 0 bridgehead atoms. The summed E-state index contributed by atoms with van der Waals surface area (Å²) in [6, 6.07) is 9.38. The van der Waals surface area contributed by atoms with Gasteiger partial charge < -0.3 is 15.0 Å². The first-order chi connectivity index (χ1) is 10.7. The molecule has 0 saturated heterocycles. The summed E-state index contributed by atoms with van der Waals surface area (Å²) in [5.74, 6) is 0.850. The molecule has 0 aliphatic heterocycles. The van der Waals surface area contributed by atoms with Crippen molar-refractivity contribution in [1.29, 1.82) is 0 Å². The predicted molar refractivity (Wildman–Crippen MR) is 91.6 cm³/mol. The maximum Gasteiger partial charge on any atom is 0.121 e. The third-order valence-electron chi connectivity index (χ3n) is 4.69. The van der Waals surface area contributed by atoms with E-state index in [0.717, 1.165) is 16.7 Å². The van der Waals surface area contributed by atoms with Crippen LogP contribution in [0.5, 0.6) is 5.75 Å². The zero-order valence-electron chi connectivity index (χ0n) is 13.7. The Hall–Kier alpha value is -1.81. The zero-order valence-corrected chi connectivity index (χ0v) is 13.7. The molecule has 0 radical (unpaired) electrons. The van der Waals surface area contributed by atoms with Gasteiger partial charge in [0.1, 0.15) is 5.75 Å². The van der Waals surface area contributed by atoms with Gasteiger partial charge in [0, 0.05) is 35.4 Å². The average Bonchev–Trinajstić information content (AvgIpc) is 2.55. The van der Waals surface area contributed by atoms with Crippen molar-refractivity contribution in [3.63, 3.8) is 0 Å². The first kappa shape index (κ1) is 15.1. The van der Waals surface area contributed by atoms with E-state index in [2.05, 4.69) is 41.4 Å². The average molecular weight is 299 g/mol. The van der Waals surface area contributed by atoms with Crippen LogP contribution < -0.4 is 10.1 Å². The molecular formula is C18H25N3O. The van der Waals surface area contributed by atoms with Crippen LogP contribution in [0.1, 0.15) is 25.7 Å². The summed E-state index contributed by atoms with van der Waals surface area (Å²) in [4.78, 5) is 6.81. The lowest BCUT2D eigenvalue weighted by Gasteiger charge is -2.34. The number of nitrogens with one attached hydrogen (secondary N) is 1. The highest BCUT2D eigenvalue weighted by atomic mass is 16.5. The van der Waals surface area contributed by atoms with Crippen LogP contribution in [0, 0.1) is 0 Å². The van der Waals surface area contributed by atoms with Crippen molar-refractivity contribution in [3.8, 4) is 5.75 Å². The minimum Gasteiger partial charge on any atom is -0.497 e. The molecule has 1 aliphatic rings. The molecule has 1 N–H and O–H groups in total.